The van der Waals surface area contributed by atoms with E-state index in [-0.39, 0.29) is 0 Å². The van der Waals surface area contributed by atoms with E-state index in [0.29, 0.717) is 18.2 Å². The van der Waals surface area contributed by atoms with Crippen LogP contribution in [0, 0.1) is 0 Å². The van der Waals surface area contributed by atoms with Gasteiger partial charge in [0.2, 0.25) is 0 Å². The second-order valence-corrected chi connectivity index (χ2v) is 4.16. The van der Waals surface area contributed by atoms with E-state index in [0.717, 1.165) is 0 Å². The average molecular weight is 171 g/mol. The highest BCUT2D eigenvalue weighted by Crippen LogP contribution is 2.19. The van der Waals surface area contributed by atoms with E-state index in [2.05, 4.69) is 32.7 Å². The Morgan fingerprint density at radius 2 is 2.08 bits per heavy atom. The van der Waals surface area contributed by atoms with E-state index in [4.69, 9.17) is 4.74 Å². The van der Waals surface area contributed by atoms with Gasteiger partial charge in [-0.15, -0.1) is 0 Å². The molecule has 2 atom stereocenters. The molecule has 2 heteroatoms. The number of hydrogen-bond donors (Lipinski definition) is 0. The van der Waals surface area contributed by atoms with Crippen LogP contribution in [-0.4, -0.2) is 36.7 Å². The van der Waals surface area contributed by atoms with Gasteiger partial charge in [-0.3, -0.25) is 0 Å². The van der Waals surface area contributed by atoms with Gasteiger partial charge in [0, 0.05) is 12.6 Å². The minimum absolute atomic E-state index is 0.380. The Balaban J connectivity index is 2.30. The number of hydrogen-bond acceptors (Lipinski definition) is 2. The van der Waals surface area contributed by atoms with Crippen LogP contribution in [-0.2, 0) is 4.74 Å². The third kappa shape index (κ3) is 2.76. The molecule has 0 aromatic rings. The quantitative estimate of drug-likeness (QED) is 0.629. The zero-order valence-electron chi connectivity index (χ0n) is 8.71. The number of rotatable bonds is 2. The van der Waals surface area contributed by atoms with Gasteiger partial charge >= 0.3 is 0 Å². The van der Waals surface area contributed by atoms with Gasteiger partial charge in [0.25, 0.3) is 0 Å². The minimum atomic E-state index is 0.380. The number of nitrogens with zero attached hydrogens (tertiary/aromatic N) is 1. The van der Waals surface area contributed by atoms with Crippen molar-refractivity contribution in [3.63, 3.8) is 0 Å². The maximum Gasteiger partial charge on any atom is 0.0605 e. The van der Waals surface area contributed by atoms with Gasteiger partial charge in [0.05, 0.1) is 12.2 Å². The van der Waals surface area contributed by atoms with Crippen molar-refractivity contribution >= 4 is 0 Å². The Hall–Kier alpha value is -0.0800. The average Bonchev–Trinajstić information content (AvgIpc) is 1.96. The molecule has 0 radical (unpaired) electrons. The van der Waals surface area contributed by atoms with Crippen LogP contribution in [0.4, 0.5) is 0 Å². The van der Waals surface area contributed by atoms with Crippen LogP contribution in [0.1, 0.15) is 33.6 Å². The predicted molar refractivity (Wildman–Crippen MR) is 51.3 cm³/mol. The summed E-state index contributed by atoms with van der Waals surface area (Å²) in [6.07, 6.45) is 3.26. The molecule has 1 aliphatic heterocycles. The van der Waals surface area contributed by atoms with Crippen LogP contribution in [0.3, 0.4) is 0 Å². The van der Waals surface area contributed by atoms with Crippen LogP contribution < -0.4 is 0 Å². The van der Waals surface area contributed by atoms with Crippen LogP contribution >= 0.6 is 0 Å². The van der Waals surface area contributed by atoms with Crippen LogP contribution in [0.2, 0.25) is 0 Å². The van der Waals surface area contributed by atoms with Gasteiger partial charge in [0.1, 0.15) is 0 Å². The first kappa shape index (κ1) is 10.0. The fourth-order valence-electron chi connectivity index (χ4n) is 1.75. The van der Waals surface area contributed by atoms with Crippen molar-refractivity contribution in [2.75, 3.05) is 13.6 Å². The molecule has 0 N–H and O–H groups in total. The topological polar surface area (TPSA) is 12.5 Å². The lowest BCUT2D eigenvalue weighted by Crippen LogP contribution is -2.41. The Bertz CT molecular complexity index is 136. The highest BCUT2D eigenvalue weighted by molar-refractivity contribution is 4.77. The molecule has 2 nitrogen and oxygen atoms in total. The molecular weight excluding hydrogens is 150 g/mol. The largest absolute Gasteiger partial charge is 0.375 e. The zero-order chi connectivity index (χ0) is 9.14. The minimum Gasteiger partial charge on any atom is -0.375 e. The standard InChI is InChI=1S/C10H21NO/c1-8(2)12-10-5-6-11(4)9(3)7-10/h8-10H,5-7H2,1-4H3. The van der Waals surface area contributed by atoms with Crippen LogP contribution in [0.5, 0.6) is 0 Å². The number of ether oxygens (including phenoxy) is 1. The first-order valence-electron chi connectivity index (χ1n) is 4.95. The third-order valence-corrected chi connectivity index (χ3v) is 2.62. The molecule has 0 aliphatic carbocycles. The van der Waals surface area contributed by atoms with Gasteiger partial charge < -0.3 is 9.64 Å². The van der Waals surface area contributed by atoms with Crippen molar-refractivity contribution in [1.29, 1.82) is 0 Å². The maximum absolute atomic E-state index is 5.78. The first-order chi connectivity index (χ1) is 5.59. The maximum atomic E-state index is 5.78. The molecule has 0 amide bonds. The lowest BCUT2D eigenvalue weighted by molar-refractivity contribution is -0.0365. The number of piperidine rings is 1. The first-order valence-corrected chi connectivity index (χ1v) is 4.95. The van der Waals surface area contributed by atoms with Gasteiger partial charge in [-0.1, -0.05) is 0 Å². The zero-order valence-corrected chi connectivity index (χ0v) is 8.71. The normalized spacial score (nSPS) is 32.8. The Morgan fingerprint density at radius 1 is 1.42 bits per heavy atom. The smallest absolute Gasteiger partial charge is 0.0605 e. The summed E-state index contributed by atoms with van der Waals surface area (Å²) < 4.78 is 5.78. The molecule has 1 aliphatic rings. The highest BCUT2D eigenvalue weighted by atomic mass is 16.5. The van der Waals surface area contributed by atoms with Crippen molar-refractivity contribution in [2.24, 2.45) is 0 Å². The summed E-state index contributed by atoms with van der Waals surface area (Å²) in [4.78, 5) is 2.40. The van der Waals surface area contributed by atoms with Crippen molar-refractivity contribution in [2.45, 2.75) is 51.9 Å². The summed E-state index contributed by atoms with van der Waals surface area (Å²) in [5, 5.41) is 0. The van der Waals surface area contributed by atoms with E-state index in [1.165, 1.54) is 19.4 Å². The van der Waals surface area contributed by atoms with E-state index >= 15 is 0 Å². The SMILES string of the molecule is CC(C)OC1CCN(C)C(C)C1. The van der Waals surface area contributed by atoms with Crippen molar-refractivity contribution in [3.8, 4) is 0 Å². The molecular formula is C10H21NO. The van der Waals surface area contributed by atoms with Gasteiger partial charge in [-0.25, -0.2) is 0 Å². The molecule has 0 aromatic heterocycles. The van der Waals surface area contributed by atoms with E-state index < -0.39 is 0 Å². The second kappa shape index (κ2) is 4.24. The van der Waals surface area contributed by atoms with Crippen molar-refractivity contribution < 1.29 is 4.74 Å². The predicted octanol–water partition coefficient (Wildman–Crippen LogP) is 1.89. The monoisotopic (exact) mass is 171 g/mol. The summed E-state index contributed by atoms with van der Waals surface area (Å²) in [7, 11) is 2.19. The summed E-state index contributed by atoms with van der Waals surface area (Å²) >= 11 is 0. The van der Waals surface area contributed by atoms with Crippen LogP contribution in [0.15, 0.2) is 0 Å². The Morgan fingerprint density at radius 3 is 2.58 bits per heavy atom. The second-order valence-electron chi connectivity index (χ2n) is 4.16. The molecule has 2 unspecified atom stereocenters. The molecule has 1 rings (SSSR count). The molecule has 0 bridgehead atoms. The fourth-order valence-corrected chi connectivity index (χ4v) is 1.75. The van der Waals surface area contributed by atoms with Crippen molar-refractivity contribution in [3.05, 3.63) is 0 Å². The molecule has 12 heavy (non-hydrogen) atoms. The van der Waals surface area contributed by atoms with Gasteiger partial charge in [-0.05, 0) is 40.7 Å². The van der Waals surface area contributed by atoms with E-state index in [9.17, 15) is 0 Å². The summed E-state index contributed by atoms with van der Waals surface area (Å²) in [5.74, 6) is 0. The van der Waals surface area contributed by atoms with E-state index in [1.54, 1.807) is 0 Å². The molecule has 0 spiro atoms. The molecule has 0 saturated carbocycles. The third-order valence-electron chi connectivity index (χ3n) is 2.62. The van der Waals surface area contributed by atoms with Crippen LogP contribution in [0.25, 0.3) is 0 Å². The molecule has 0 aromatic carbocycles. The van der Waals surface area contributed by atoms with Gasteiger partial charge in [-0.2, -0.15) is 0 Å². The lowest BCUT2D eigenvalue weighted by atomic mass is 10.0. The highest BCUT2D eigenvalue weighted by Gasteiger charge is 2.23. The van der Waals surface area contributed by atoms with Crippen molar-refractivity contribution in [1.82, 2.24) is 4.90 Å². The lowest BCUT2D eigenvalue weighted by Gasteiger charge is -2.35. The summed E-state index contributed by atoms with van der Waals surface area (Å²) in [6, 6.07) is 0.683. The molecule has 1 saturated heterocycles. The summed E-state index contributed by atoms with van der Waals surface area (Å²) in [6.45, 7) is 7.68. The number of likely N-dealkylation sites (tertiary alicyclic amines) is 1. The summed E-state index contributed by atoms with van der Waals surface area (Å²) in [5.41, 5.74) is 0. The Kier molecular flexibility index (Phi) is 3.53. The molecule has 72 valence electrons. The van der Waals surface area contributed by atoms with E-state index in [1.807, 2.05) is 0 Å². The van der Waals surface area contributed by atoms with Gasteiger partial charge in [0.15, 0.2) is 0 Å². The molecule has 1 heterocycles. The fraction of sp³-hybridized carbons (Fsp3) is 1.00. The Labute approximate surface area is 75.9 Å². The molecule has 1 fully saturated rings.